The van der Waals surface area contributed by atoms with Gasteiger partial charge >= 0.3 is 0 Å². The molecule has 0 radical (unpaired) electrons. The van der Waals surface area contributed by atoms with Gasteiger partial charge < -0.3 is 0 Å². The van der Waals surface area contributed by atoms with Crippen molar-refractivity contribution in [3.63, 3.8) is 0 Å². The van der Waals surface area contributed by atoms with E-state index in [-0.39, 0.29) is 10.6 Å². The average molecular weight is 235 g/mol. The fraction of sp³-hybridized carbons (Fsp3) is 0.500. The third-order valence-electron chi connectivity index (χ3n) is 3.01. The molecule has 0 spiro atoms. The van der Waals surface area contributed by atoms with Gasteiger partial charge in [0.15, 0.2) is 0 Å². The Morgan fingerprint density at radius 1 is 1.18 bits per heavy atom. The number of piperidine rings is 1. The number of nitrogens with one attached hydrogen (secondary N) is 1. The number of non-ortho nitro benzene ring substituents is 1. The summed E-state index contributed by atoms with van der Waals surface area (Å²) in [6.07, 6.45) is 3.80. The molecule has 0 atom stereocenters. The van der Waals surface area contributed by atoms with Crippen molar-refractivity contribution in [1.29, 1.82) is 0 Å². The molecule has 5 nitrogen and oxygen atoms in total. The van der Waals surface area contributed by atoms with Crippen molar-refractivity contribution in [3.8, 4) is 0 Å². The molecule has 0 aromatic heterocycles. The maximum Gasteiger partial charge on any atom is 0.269 e. The lowest BCUT2D eigenvalue weighted by Crippen LogP contribution is -2.41. The summed E-state index contributed by atoms with van der Waals surface area (Å²) in [6, 6.07) is 6.70. The molecule has 5 heteroatoms. The lowest BCUT2D eigenvalue weighted by Gasteiger charge is -2.27. The molecule has 17 heavy (non-hydrogen) atoms. The molecule has 2 rings (SSSR count). The summed E-state index contributed by atoms with van der Waals surface area (Å²) in [4.78, 5) is 10.1. The van der Waals surface area contributed by atoms with Crippen molar-refractivity contribution in [1.82, 2.24) is 10.4 Å². The van der Waals surface area contributed by atoms with Crippen LogP contribution in [-0.2, 0) is 6.54 Å². The third-order valence-corrected chi connectivity index (χ3v) is 3.01. The number of nitrogens with zero attached hydrogens (tertiary/aromatic N) is 2. The van der Waals surface area contributed by atoms with Gasteiger partial charge in [0.05, 0.1) is 4.92 Å². The van der Waals surface area contributed by atoms with Gasteiger partial charge in [-0.1, -0.05) is 18.6 Å². The monoisotopic (exact) mass is 235 g/mol. The van der Waals surface area contributed by atoms with Crippen molar-refractivity contribution in [3.05, 3.63) is 39.9 Å². The quantitative estimate of drug-likeness (QED) is 0.641. The van der Waals surface area contributed by atoms with Gasteiger partial charge in [-0.15, -0.1) is 0 Å². The van der Waals surface area contributed by atoms with E-state index < -0.39 is 0 Å². The molecule has 1 aliphatic heterocycles. The van der Waals surface area contributed by atoms with E-state index in [0.29, 0.717) is 0 Å². The Bertz CT molecular complexity index is 372. The van der Waals surface area contributed by atoms with Crippen molar-refractivity contribution in [2.75, 3.05) is 13.1 Å². The Labute approximate surface area is 101 Å². The minimum absolute atomic E-state index is 0.145. The van der Waals surface area contributed by atoms with Crippen LogP contribution in [-0.4, -0.2) is 23.0 Å². The molecule has 1 N–H and O–H groups in total. The highest BCUT2D eigenvalue weighted by Gasteiger charge is 2.09. The average Bonchev–Trinajstić information content (AvgIpc) is 2.38. The summed E-state index contributed by atoms with van der Waals surface area (Å²) in [6.45, 7) is 2.91. The first kappa shape index (κ1) is 12.0. The van der Waals surface area contributed by atoms with Crippen LogP contribution >= 0.6 is 0 Å². The Hall–Kier alpha value is -1.46. The third kappa shape index (κ3) is 3.51. The van der Waals surface area contributed by atoms with Crippen LogP contribution in [0.25, 0.3) is 0 Å². The predicted octanol–water partition coefficient (Wildman–Crippen LogP) is 2.09. The number of hydrogen-bond acceptors (Lipinski definition) is 4. The number of hydrogen-bond donors (Lipinski definition) is 1. The van der Waals surface area contributed by atoms with Crippen LogP contribution in [0.15, 0.2) is 24.3 Å². The largest absolute Gasteiger partial charge is 0.269 e. The summed E-state index contributed by atoms with van der Waals surface area (Å²) in [5.74, 6) is 0. The van der Waals surface area contributed by atoms with Crippen molar-refractivity contribution < 1.29 is 4.92 Å². The van der Waals surface area contributed by atoms with Gasteiger partial charge in [0, 0.05) is 31.8 Å². The van der Waals surface area contributed by atoms with E-state index in [9.17, 15) is 10.1 Å². The summed E-state index contributed by atoms with van der Waals surface area (Å²) in [7, 11) is 0. The number of benzene rings is 1. The van der Waals surface area contributed by atoms with Crippen LogP contribution in [0.1, 0.15) is 24.8 Å². The molecule has 0 bridgehead atoms. The van der Waals surface area contributed by atoms with Crippen molar-refractivity contribution >= 4 is 5.69 Å². The van der Waals surface area contributed by atoms with Gasteiger partial charge in [-0.2, -0.15) is 0 Å². The van der Waals surface area contributed by atoms with E-state index in [4.69, 9.17) is 0 Å². The maximum absolute atomic E-state index is 10.5. The Morgan fingerprint density at radius 3 is 2.41 bits per heavy atom. The summed E-state index contributed by atoms with van der Waals surface area (Å²) < 4.78 is 0. The first-order valence-corrected chi connectivity index (χ1v) is 5.97. The fourth-order valence-corrected chi connectivity index (χ4v) is 1.99. The minimum Gasteiger partial charge on any atom is -0.258 e. The Kier molecular flexibility index (Phi) is 4.06. The van der Waals surface area contributed by atoms with Crippen LogP contribution in [0, 0.1) is 10.1 Å². The van der Waals surface area contributed by atoms with E-state index in [1.807, 2.05) is 0 Å². The number of rotatable bonds is 4. The number of nitro groups is 1. The van der Waals surface area contributed by atoms with Crippen LogP contribution in [0.2, 0.25) is 0 Å². The van der Waals surface area contributed by atoms with Crippen LogP contribution in [0.5, 0.6) is 0 Å². The zero-order chi connectivity index (χ0) is 12.1. The first-order chi connectivity index (χ1) is 8.25. The zero-order valence-electron chi connectivity index (χ0n) is 9.76. The zero-order valence-corrected chi connectivity index (χ0v) is 9.76. The van der Waals surface area contributed by atoms with Gasteiger partial charge in [0.1, 0.15) is 0 Å². The molecule has 1 heterocycles. The molecule has 0 amide bonds. The van der Waals surface area contributed by atoms with Crippen molar-refractivity contribution in [2.45, 2.75) is 25.8 Å². The Balaban J connectivity index is 1.84. The molecule has 1 fully saturated rings. The minimum atomic E-state index is -0.373. The molecule has 1 saturated heterocycles. The fourth-order valence-electron chi connectivity index (χ4n) is 1.99. The topological polar surface area (TPSA) is 58.4 Å². The lowest BCUT2D eigenvalue weighted by atomic mass is 10.1. The van der Waals surface area contributed by atoms with Crippen LogP contribution in [0.3, 0.4) is 0 Å². The molecule has 0 saturated carbocycles. The smallest absolute Gasteiger partial charge is 0.258 e. The standard InChI is InChI=1S/C12H17N3O2/c16-15(17)12-6-4-11(5-7-12)10-13-14-8-2-1-3-9-14/h4-7,13H,1-3,8-10H2. The normalized spacial score (nSPS) is 16.9. The van der Waals surface area contributed by atoms with Gasteiger partial charge in [-0.05, 0) is 18.4 Å². The molecular formula is C12H17N3O2. The molecule has 0 unspecified atom stereocenters. The highest BCUT2D eigenvalue weighted by molar-refractivity contribution is 5.32. The van der Waals surface area contributed by atoms with Crippen LogP contribution in [0.4, 0.5) is 5.69 Å². The van der Waals surface area contributed by atoms with Crippen LogP contribution < -0.4 is 5.43 Å². The number of nitro benzene ring substituents is 1. The summed E-state index contributed by atoms with van der Waals surface area (Å²) in [5.41, 5.74) is 4.57. The van der Waals surface area contributed by atoms with E-state index in [2.05, 4.69) is 10.4 Å². The SMILES string of the molecule is O=[N+]([O-])c1ccc(CNN2CCCCC2)cc1. The molecule has 1 aromatic carbocycles. The van der Waals surface area contributed by atoms with Crippen molar-refractivity contribution in [2.24, 2.45) is 0 Å². The maximum atomic E-state index is 10.5. The molecular weight excluding hydrogens is 218 g/mol. The summed E-state index contributed by atoms with van der Waals surface area (Å²) in [5, 5.41) is 12.7. The molecule has 1 aromatic rings. The highest BCUT2D eigenvalue weighted by Crippen LogP contribution is 2.12. The molecule has 0 aliphatic carbocycles. The molecule has 92 valence electrons. The van der Waals surface area contributed by atoms with E-state index in [1.165, 1.54) is 19.3 Å². The van der Waals surface area contributed by atoms with Gasteiger partial charge in [0.2, 0.25) is 0 Å². The lowest BCUT2D eigenvalue weighted by molar-refractivity contribution is -0.384. The summed E-state index contributed by atoms with van der Waals surface area (Å²) >= 11 is 0. The predicted molar refractivity (Wildman–Crippen MR) is 65.4 cm³/mol. The van der Waals surface area contributed by atoms with E-state index in [1.54, 1.807) is 24.3 Å². The van der Waals surface area contributed by atoms with Gasteiger partial charge in [-0.3, -0.25) is 15.5 Å². The van der Waals surface area contributed by atoms with Gasteiger partial charge in [-0.25, -0.2) is 5.01 Å². The second kappa shape index (κ2) is 5.75. The van der Waals surface area contributed by atoms with E-state index >= 15 is 0 Å². The number of hydrazine groups is 1. The second-order valence-electron chi connectivity index (χ2n) is 4.31. The van der Waals surface area contributed by atoms with E-state index in [0.717, 1.165) is 25.2 Å². The highest BCUT2D eigenvalue weighted by atomic mass is 16.6. The second-order valence-corrected chi connectivity index (χ2v) is 4.31. The van der Waals surface area contributed by atoms with Gasteiger partial charge in [0.25, 0.3) is 5.69 Å². The molecule has 1 aliphatic rings. The Morgan fingerprint density at radius 2 is 1.82 bits per heavy atom. The first-order valence-electron chi connectivity index (χ1n) is 5.97.